The molecule has 0 aliphatic heterocycles. The maximum atomic E-state index is 4.52. The number of nitrogens with zero attached hydrogens (tertiary/aromatic N) is 1. The van der Waals surface area contributed by atoms with E-state index in [1.54, 1.807) is 0 Å². The van der Waals surface area contributed by atoms with Crippen molar-refractivity contribution in [2.24, 2.45) is 4.99 Å². The van der Waals surface area contributed by atoms with E-state index in [-0.39, 0.29) is 0 Å². The molecule has 0 atom stereocenters. The van der Waals surface area contributed by atoms with Gasteiger partial charge in [0.2, 0.25) is 0 Å². The first-order valence-electron chi connectivity index (χ1n) is 8.06. The first-order chi connectivity index (χ1) is 11.8. The molecule has 0 radical (unpaired) electrons. The molecule has 0 bridgehead atoms. The molecular formula is C21H19N3. The summed E-state index contributed by atoms with van der Waals surface area (Å²) in [6.07, 6.45) is 6.26. The molecule has 2 heterocycles. The normalized spacial score (nSPS) is 13.1. The largest absolute Gasteiger partial charge is 0.361 e. The van der Waals surface area contributed by atoms with Crippen LogP contribution in [0.3, 0.4) is 0 Å². The fourth-order valence-electron chi connectivity index (χ4n) is 3.23. The van der Waals surface area contributed by atoms with Gasteiger partial charge in [-0.3, -0.25) is 4.99 Å². The zero-order valence-electron chi connectivity index (χ0n) is 13.8. The number of H-pyrrole nitrogens is 2. The number of hydrogen-bond donors (Lipinski definition) is 2. The summed E-state index contributed by atoms with van der Waals surface area (Å²) in [6, 6.07) is 16.7. The van der Waals surface area contributed by atoms with Gasteiger partial charge in [0.15, 0.2) is 0 Å². The Morgan fingerprint density at radius 1 is 0.833 bits per heavy atom. The zero-order chi connectivity index (χ0) is 16.5. The summed E-state index contributed by atoms with van der Waals surface area (Å²) in [5, 5.41) is 2.43. The van der Waals surface area contributed by atoms with Gasteiger partial charge in [0.1, 0.15) is 0 Å². The Labute approximate surface area is 140 Å². The molecule has 0 aliphatic carbocycles. The third-order valence-corrected chi connectivity index (χ3v) is 4.47. The van der Waals surface area contributed by atoms with E-state index in [0.717, 1.165) is 22.3 Å². The number of allylic oxidation sites excluding steroid dienone is 2. The van der Waals surface area contributed by atoms with Crippen LogP contribution in [-0.2, 0) is 0 Å². The number of aromatic amines is 2. The highest BCUT2D eigenvalue weighted by atomic mass is 14.7. The van der Waals surface area contributed by atoms with Crippen LogP contribution in [0.1, 0.15) is 18.1 Å². The Bertz CT molecular complexity index is 1080. The predicted molar refractivity (Wildman–Crippen MR) is 103 cm³/mol. The van der Waals surface area contributed by atoms with Crippen molar-refractivity contribution >= 4 is 33.1 Å². The molecule has 3 nitrogen and oxygen atoms in total. The summed E-state index contributed by atoms with van der Waals surface area (Å²) in [5.41, 5.74) is 6.81. The van der Waals surface area contributed by atoms with Crippen molar-refractivity contribution in [2.75, 3.05) is 7.05 Å². The summed E-state index contributed by atoms with van der Waals surface area (Å²) in [4.78, 5) is 11.2. The molecule has 4 rings (SSSR count). The van der Waals surface area contributed by atoms with Gasteiger partial charge in [-0.05, 0) is 30.7 Å². The van der Waals surface area contributed by atoms with Crippen molar-refractivity contribution in [3.05, 3.63) is 78.1 Å². The van der Waals surface area contributed by atoms with Gasteiger partial charge in [-0.2, -0.15) is 0 Å². The van der Waals surface area contributed by atoms with Crippen LogP contribution < -0.4 is 0 Å². The second-order valence-electron chi connectivity index (χ2n) is 5.93. The molecule has 2 aromatic heterocycles. The maximum absolute atomic E-state index is 4.52. The van der Waals surface area contributed by atoms with Crippen LogP contribution in [0, 0.1) is 0 Å². The molecule has 2 N–H and O–H groups in total. The maximum Gasteiger partial charge on any atom is 0.0667 e. The van der Waals surface area contributed by atoms with Gasteiger partial charge in [-0.25, -0.2) is 0 Å². The Kier molecular flexibility index (Phi) is 3.54. The number of fused-ring (bicyclic) bond motifs is 2. The van der Waals surface area contributed by atoms with Crippen molar-refractivity contribution in [3.8, 4) is 0 Å². The van der Waals surface area contributed by atoms with Crippen molar-refractivity contribution < 1.29 is 0 Å². The van der Waals surface area contributed by atoms with Gasteiger partial charge in [0, 0.05) is 52.4 Å². The molecule has 0 fully saturated rings. The van der Waals surface area contributed by atoms with Crippen molar-refractivity contribution in [3.63, 3.8) is 0 Å². The fraction of sp³-hybridized carbons (Fsp3) is 0.0952. The lowest BCUT2D eigenvalue weighted by atomic mass is 10.0. The fourth-order valence-corrected chi connectivity index (χ4v) is 3.23. The zero-order valence-corrected chi connectivity index (χ0v) is 13.8. The summed E-state index contributed by atoms with van der Waals surface area (Å²) >= 11 is 0. The number of rotatable bonds is 3. The van der Waals surface area contributed by atoms with E-state index in [1.165, 1.54) is 21.9 Å². The van der Waals surface area contributed by atoms with Gasteiger partial charge in [-0.1, -0.05) is 36.4 Å². The van der Waals surface area contributed by atoms with Crippen LogP contribution in [0.5, 0.6) is 0 Å². The molecule has 3 heteroatoms. The van der Waals surface area contributed by atoms with Crippen molar-refractivity contribution in [1.29, 1.82) is 0 Å². The molecule has 24 heavy (non-hydrogen) atoms. The van der Waals surface area contributed by atoms with Gasteiger partial charge >= 0.3 is 0 Å². The molecule has 2 aromatic carbocycles. The van der Waals surface area contributed by atoms with Crippen molar-refractivity contribution in [2.45, 2.75) is 6.92 Å². The predicted octanol–water partition coefficient (Wildman–Crippen LogP) is 5.17. The van der Waals surface area contributed by atoms with E-state index in [9.17, 15) is 0 Å². The Morgan fingerprint density at radius 3 is 2.00 bits per heavy atom. The number of aromatic nitrogens is 2. The van der Waals surface area contributed by atoms with Crippen LogP contribution in [0.2, 0.25) is 0 Å². The van der Waals surface area contributed by atoms with Crippen LogP contribution >= 0.6 is 0 Å². The topological polar surface area (TPSA) is 43.9 Å². The van der Waals surface area contributed by atoms with E-state index in [0.29, 0.717) is 0 Å². The monoisotopic (exact) mass is 313 g/mol. The van der Waals surface area contributed by atoms with Gasteiger partial charge in [-0.15, -0.1) is 0 Å². The molecule has 0 unspecified atom stereocenters. The number of hydrogen-bond acceptors (Lipinski definition) is 1. The number of nitrogens with one attached hydrogen (secondary N) is 2. The minimum atomic E-state index is 0.982. The highest BCUT2D eigenvalue weighted by Gasteiger charge is 2.10. The number of benzene rings is 2. The SMILES string of the molecule is CN=C(/C=C(\C)c1c[nH]c2ccccc12)c1c[nH]c2ccccc12. The second kappa shape index (κ2) is 5.85. The Balaban J connectivity index is 1.80. The molecule has 0 saturated carbocycles. The van der Waals surface area contributed by atoms with E-state index < -0.39 is 0 Å². The molecular weight excluding hydrogens is 294 g/mol. The van der Waals surface area contributed by atoms with E-state index in [4.69, 9.17) is 0 Å². The van der Waals surface area contributed by atoms with Crippen LogP contribution in [0.25, 0.3) is 27.4 Å². The lowest BCUT2D eigenvalue weighted by molar-refractivity contribution is 1.42. The average Bonchev–Trinajstić information content (AvgIpc) is 3.24. The van der Waals surface area contributed by atoms with E-state index in [2.05, 4.69) is 70.6 Å². The minimum absolute atomic E-state index is 0.982. The molecule has 0 amide bonds. The van der Waals surface area contributed by atoms with Crippen LogP contribution in [0.15, 0.2) is 72.0 Å². The summed E-state index contributed by atoms with van der Waals surface area (Å²) in [7, 11) is 1.84. The second-order valence-corrected chi connectivity index (χ2v) is 5.93. The lowest BCUT2D eigenvalue weighted by Crippen LogP contribution is -1.96. The summed E-state index contributed by atoms with van der Waals surface area (Å²) < 4.78 is 0. The minimum Gasteiger partial charge on any atom is -0.361 e. The number of para-hydroxylation sites is 2. The van der Waals surface area contributed by atoms with Gasteiger partial charge in [0.05, 0.1) is 5.71 Å². The molecule has 118 valence electrons. The third kappa shape index (κ3) is 2.35. The summed E-state index contributed by atoms with van der Waals surface area (Å²) in [6.45, 7) is 2.13. The van der Waals surface area contributed by atoms with Gasteiger partial charge < -0.3 is 9.97 Å². The van der Waals surface area contributed by atoms with E-state index >= 15 is 0 Å². The molecule has 4 aromatic rings. The van der Waals surface area contributed by atoms with Crippen LogP contribution in [0.4, 0.5) is 0 Å². The Hall–Kier alpha value is -3.07. The van der Waals surface area contributed by atoms with Crippen molar-refractivity contribution in [1.82, 2.24) is 9.97 Å². The first-order valence-corrected chi connectivity index (χ1v) is 8.06. The molecule has 0 saturated heterocycles. The van der Waals surface area contributed by atoms with Crippen LogP contribution in [-0.4, -0.2) is 22.7 Å². The smallest absolute Gasteiger partial charge is 0.0667 e. The summed E-state index contributed by atoms with van der Waals surface area (Å²) in [5.74, 6) is 0. The molecule has 0 spiro atoms. The lowest BCUT2D eigenvalue weighted by Gasteiger charge is -2.03. The van der Waals surface area contributed by atoms with E-state index in [1.807, 2.05) is 25.4 Å². The first kappa shape index (κ1) is 14.5. The quantitative estimate of drug-likeness (QED) is 0.490. The highest BCUT2D eigenvalue weighted by molar-refractivity contribution is 6.19. The highest BCUT2D eigenvalue weighted by Crippen LogP contribution is 2.26. The number of aliphatic imine (C=N–C) groups is 1. The van der Waals surface area contributed by atoms with Gasteiger partial charge in [0.25, 0.3) is 0 Å². The molecule has 0 aliphatic rings. The third-order valence-electron chi connectivity index (χ3n) is 4.47. The standard InChI is InChI=1S/C21H19N3/c1-14(17-12-23-19-9-5-3-7-15(17)19)11-21(22-2)18-13-24-20-10-6-4-8-16(18)20/h3-13,23-24H,1-2H3/b14-11+,22-21?. The average molecular weight is 313 g/mol. The Morgan fingerprint density at radius 2 is 1.38 bits per heavy atom.